The summed E-state index contributed by atoms with van der Waals surface area (Å²) in [7, 11) is 0. The summed E-state index contributed by atoms with van der Waals surface area (Å²) in [5.41, 5.74) is 2.86. The lowest BCUT2D eigenvalue weighted by atomic mass is 10.1. The van der Waals surface area contributed by atoms with E-state index in [1.54, 1.807) is 6.20 Å². The predicted molar refractivity (Wildman–Crippen MR) is 73.3 cm³/mol. The molecule has 4 heteroatoms. The second kappa shape index (κ2) is 4.60. The van der Waals surface area contributed by atoms with Crippen molar-refractivity contribution in [2.75, 3.05) is 0 Å². The van der Waals surface area contributed by atoms with Gasteiger partial charge in [-0.1, -0.05) is 6.07 Å². The molecule has 1 aliphatic carbocycles. The van der Waals surface area contributed by atoms with E-state index in [1.807, 2.05) is 6.07 Å². The molecule has 0 N–H and O–H groups in total. The van der Waals surface area contributed by atoms with Gasteiger partial charge in [-0.05, 0) is 65.1 Å². The highest BCUT2D eigenvalue weighted by Crippen LogP contribution is 2.29. The van der Waals surface area contributed by atoms with E-state index in [2.05, 4.69) is 44.7 Å². The number of nitrogens with zero attached hydrogens (tertiary/aromatic N) is 2. The number of aryl methyl sites for hydroxylation is 2. The molecule has 0 saturated carbocycles. The van der Waals surface area contributed by atoms with E-state index >= 15 is 0 Å². The Hall–Kier alpha value is -1.17. The van der Waals surface area contributed by atoms with Crippen molar-refractivity contribution in [1.29, 1.82) is 0 Å². The van der Waals surface area contributed by atoms with Crippen LogP contribution in [0.5, 0.6) is 11.6 Å². The number of hydrogen-bond donors (Lipinski definition) is 0. The van der Waals surface area contributed by atoms with E-state index < -0.39 is 0 Å². The number of halogens is 1. The first-order chi connectivity index (χ1) is 8.33. The van der Waals surface area contributed by atoms with Crippen LogP contribution in [0.25, 0.3) is 0 Å². The van der Waals surface area contributed by atoms with Crippen LogP contribution in [0.15, 0.2) is 30.7 Å². The van der Waals surface area contributed by atoms with Crippen LogP contribution >= 0.6 is 22.6 Å². The van der Waals surface area contributed by atoms with Crippen LogP contribution in [0.4, 0.5) is 0 Å². The first-order valence-corrected chi connectivity index (χ1v) is 6.66. The fraction of sp³-hybridized carbons (Fsp3) is 0.231. The van der Waals surface area contributed by atoms with Gasteiger partial charge in [0.25, 0.3) is 0 Å². The van der Waals surface area contributed by atoms with Gasteiger partial charge in [-0.25, -0.2) is 9.97 Å². The molecule has 86 valence electrons. The van der Waals surface area contributed by atoms with Crippen molar-refractivity contribution in [3.8, 4) is 11.6 Å². The molecule has 0 amide bonds. The Morgan fingerprint density at radius 3 is 2.94 bits per heavy atom. The molecule has 0 aliphatic heterocycles. The zero-order chi connectivity index (χ0) is 11.7. The average Bonchev–Trinajstić information content (AvgIpc) is 2.79. The minimum absolute atomic E-state index is 0.624. The van der Waals surface area contributed by atoms with E-state index in [9.17, 15) is 0 Å². The van der Waals surface area contributed by atoms with Crippen molar-refractivity contribution >= 4 is 22.6 Å². The Morgan fingerprint density at radius 1 is 1.18 bits per heavy atom. The second-order valence-electron chi connectivity index (χ2n) is 4.06. The van der Waals surface area contributed by atoms with Gasteiger partial charge in [0.2, 0.25) is 5.88 Å². The van der Waals surface area contributed by atoms with E-state index in [-0.39, 0.29) is 0 Å². The first-order valence-electron chi connectivity index (χ1n) is 5.58. The lowest BCUT2D eigenvalue weighted by Crippen LogP contribution is -1.93. The molecule has 0 saturated heterocycles. The van der Waals surface area contributed by atoms with E-state index in [0.29, 0.717) is 5.88 Å². The fourth-order valence-electron chi connectivity index (χ4n) is 2.10. The normalized spacial score (nSPS) is 13.5. The summed E-state index contributed by atoms with van der Waals surface area (Å²) in [5.74, 6) is 1.49. The Kier molecular flexibility index (Phi) is 2.96. The van der Waals surface area contributed by atoms with Crippen molar-refractivity contribution in [2.45, 2.75) is 19.3 Å². The fourth-order valence-corrected chi connectivity index (χ4v) is 2.51. The molecule has 1 aromatic heterocycles. The molecule has 3 rings (SSSR count). The van der Waals surface area contributed by atoms with Gasteiger partial charge in [-0.3, -0.25) is 0 Å². The Labute approximate surface area is 113 Å². The van der Waals surface area contributed by atoms with Gasteiger partial charge in [0.05, 0.1) is 3.57 Å². The second-order valence-corrected chi connectivity index (χ2v) is 5.22. The summed E-state index contributed by atoms with van der Waals surface area (Å²) >= 11 is 2.17. The number of fused-ring (bicyclic) bond motifs is 1. The van der Waals surface area contributed by atoms with Gasteiger partial charge in [-0.2, -0.15) is 0 Å². The summed E-state index contributed by atoms with van der Waals surface area (Å²) < 4.78 is 6.70. The van der Waals surface area contributed by atoms with Crippen molar-refractivity contribution in [3.63, 3.8) is 0 Å². The predicted octanol–water partition coefficient (Wildman–Crippen LogP) is 3.36. The van der Waals surface area contributed by atoms with Crippen molar-refractivity contribution < 1.29 is 4.74 Å². The lowest BCUT2D eigenvalue weighted by Gasteiger charge is -2.07. The molecule has 17 heavy (non-hydrogen) atoms. The third-order valence-corrected chi connectivity index (χ3v) is 3.66. The topological polar surface area (TPSA) is 35.0 Å². The molecule has 3 nitrogen and oxygen atoms in total. The van der Waals surface area contributed by atoms with Gasteiger partial charge < -0.3 is 4.74 Å². The lowest BCUT2D eigenvalue weighted by molar-refractivity contribution is 0.457. The Morgan fingerprint density at radius 2 is 2.06 bits per heavy atom. The van der Waals surface area contributed by atoms with Crippen LogP contribution in [-0.2, 0) is 12.8 Å². The van der Waals surface area contributed by atoms with E-state index in [1.165, 1.54) is 30.3 Å². The van der Waals surface area contributed by atoms with E-state index in [0.717, 1.165) is 15.7 Å². The maximum atomic E-state index is 5.78. The molecule has 0 atom stereocenters. The molecule has 1 aliphatic rings. The van der Waals surface area contributed by atoms with Gasteiger partial charge in [-0.15, -0.1) is 0 Å². The number of ether oxygens (including phenoxy) is 1. The minimum Gasteiger partial charge on any atom is -0.438 e. The van der Waals surface area contributed by atoms with Crippen LogP contribution in [0.1, 0.15) is 17.5 Å². The maximum absolute atomic E-state index is 5.78. The van der Waals surface area contributed by atoms with Crippen molar-refractivity contribution in [1.82, 2.24) is 9.97 Å². The standard InChI is InChI=1S/C13H11IN2O/c14-12-7-15-8-16-13(12)17-11-5-4-9-2-1-3-10(9)6-11/h4-8H,1-3H2. The molecule has 1 heterocycles. The molecular weight excluding hydrogens is 327 g/mol. The number of rotatable bonds is 2. The number of hydrogen-bond acceptors (Lipinski definition) is 3. The highest BCUT2D eigenvalue weighted by molar-refractivity contribution is 14.1. The molecule has 0 spiro atoms. The molecule has 0 radical (unpaired) electrons. The molecule has 1 aromatic carbocycles. The quantitative estimate of drug-likeness (QED) is 0.788. The summed E-state index contributed by atoms with van der Waals surface area (Å²) in [6.07, 6.45) is 6.86. The van der Waals surface area contributed by atoms with Crippen LogP contribution in [-0.4, -0.2) is 9.97 Å². The van der Waals surface area contributed by atoms with Crippen molar-refractivity contribution in [3.05, 3.63) is 45.4 Å². The molecule has 0 unspecified atom stereocenters. The smallest absolute Gasteiger partial charge is 0.235 e. The van der Waals surface area contributed by atoms with Crippen LogP contribution in [0, 0.1) is 3.57 Å². The summed E-state index contributed by atoms with van der Waals surface area (Å²) in [5, 5.41) is 0. The monoisotopic (exact) mass is 338 g/mol. The van der Waals surface area contributed by atoms with Crippen LogP contribution in [0.2, 0.25) is 0 Å². The number of benzene rings is 1. The Bertz CT molecular complexity index is 557. The van der Waals surface area contributed by atoms with Crippen LogP contribution < -0.4 is 4.74 Å². The van der Waals surface area contributed by atoms with Gasteiger partial charge in [0.15, 0.2) is 0 Å². The molecule has 0 bridgehead atoms. The third-order valence-electron chi connectivity index (χ3n) is 2.92. The zero-order valence-corrected chi connectivity index (χ0v) is 11.3. The first kappa shape index (κ1) is 11.0. The summed E-state index contributed by atoms with van der Waals surface area (Å²) in [6.45, 7) is 0. The van der Waals surface area contributed by atoms with E-state index in [4.69, 9.17) is 4.74 Å². The highest BCUT2D eigenvalue weighted by atomic mass is 127. The number of aromatic nitrogens is 2. The third kappa shape index (κ3) is 2.26. The highest BCUT2D eigenvalue weighted by Gasteiger charge is 2.12. The average molecular weight is 338 g/mol. The Balaban J connectivity index is 1.89. The molecule has 2 aromatic rings. The molecule has 0 fully saturated rings. The summed E-state index contributed by atoms with van der Waals surface area (Å²) in [4.78, 5) is 8.07. The summed E-state index contributed by atoms with van der Waals surface area (Å²) in [6, 6.07) is 6.30. The van der Waals surface area contributed by atoms with Crippen molar-refractivity contribution in [2.24, 2.45) is 0 Å². The largest absolute Gasteiger partial charge is 0.438 e. The molecular formula is C13H11IN2O. The van der Waals surface area contributed by atoms with Gasteiger partial charge in [0.1, 0.15) is 12.1 Å². The zero-order valence-electron chi connectivity index (χ0n) is 9.19. The SMILES string of the molecule is Ic1cncnc1Oc1ccc2c(c1)CCC2. The van der Waals surface area contributed by atoms with Gasteiger partial charge in [0, 0.05) is 6.20 Å². The maximum Gasteiger partial charge on any atom is 0.235 e. The van der Waals surface area contributed by atoms with Gasteiger partial charge >= 0.3 is 0 Å². The minimum atomic E-state index is 0.624. The van der Waals surface area contributed by atoms with Crippen LogP contribution in [0.3, 0.4) is 0 Å².